The molecule has 2 unspecified atom stereocenters. The Morgan fingerprint density at radius 3 is 2.71 bits per heavy atom. The molecule has 1 heterocycles. The molecule has 2 rings (SSSR count). The van der Waals surface area contributed by atoms with Crippen LogP contribution in [0.3, 0.4) is 0 Å². The zero-order valence-electron chi connectivity index (χ0n) is 13.9. The monoisotopic (exact) mass is 299 g/mol. The molecule has 2 aliphatic rings. The highest BCUT2D eigenvalue weighted by Gasteiger charge is 2.40. The standard InChI is InChI=1S/C17H33NO3/c1-18-16(7-10-20-13-12-19-2)15-6-11-21-17(14-15)8-4-3-5-9-17/h15-16,18H,3-14H2,1-2H3. The van der Waals surface area contributed by atoms with Crippen molar-refractivity contribution in [3.8, 4) is 0 Å². The van der Waals surface area contributed by atoms with E-state index in [0.29, 0.717) is 19.3 Å². The van der Waals surface area contributed by atoms with E-state index in [1.165, 1.54) is 44.9 Å². The van der Waals surface area contributed by atoms with Gasteiger partial charge in [0.1, 0.15) is 0 Å². The van der Waals surface area contributed by atoms with Crippen LogP contribution in [-0.2, 0) is 14.2 Å². The van der Waals surface area contributed by atoms with Crippen molar-refractivity contribution >= 4 is 0 Å². The summed E-state index contributed by atoms with van der Waals surface area (Å²) in [6.45, 7) is 3.14. The Balaban J connectivity index is 1.77. The highest BCUT2D eigenvalue weighted by Crippen LogP contribution is 2.41. The maximum Gasteiger partial charge on any atom is 0.0700 e. The Bertz CT molecular complexity index is 274. The number of nitrogens with one attached hydrogen (secondary N) is 1. The van der Waals surface area contributed by atoms with Gasteiger partial charge < -0.3 is 19.5 Å². The van der Waals surface area contributed by atoms with Crippen LogP contribution in [0.15, 0.2) is 0 Å². The smallest absolute Gasteiger partial charge is 0.0700 e. The van der Waals surface area contributed by atoms with Gasteiger partial charge in [0.2, 0.25) is 0 Å². The quantitative estimate of drug-likeness (QED) is 0.700. The molecule has 1 aliphatic carbocycles. The van der Waals surface area contributed by atoms with Gasteiger partial charge in [-0.25, -0.2) is 0 Å². The van der Waals surface area contributed by atoms with Crippen LogP contribution in [0.5, 0.6) is 0 Å². The highest BCUT2D eigenvalue weighted by molar-refractivity contribution is 4.92. The van der Waals surface area contributed by atoms with Gasteiger partial charge in [0.15, 0.2) is 0 Å². The lowest BCUT2D eigenvalue weighted by molar-refractivity contribution is -0.122. The van der Waals surface area contributed by atoms with Crippen LogP contribution >= 0.6 is 0 Å². The molecule has 2 atom stereocenters. The van der Waals surface area contributed by atoms with Crippen molar-refractivity contribution in [1.29, 1.82) is 0 Å². The molecule has 124 valence electrons. The highest BCUT2D eigenvalue weighted by atomic mass is 16.5. The molecule has 1 N–H and O–H groups in total. The molecule has 1 saturated heterocycles. The lowest BCUT2D eigenvalue weighted by atomic mass is 9.73. The fourth-order valence-electron chi connectivity index (χ4n) is 4.02. The molecule has 2 fully saturated rings. The molecule has 0 amide bonds. The molecule has 0 radical (unpaired) electrons. The lowest BCUT2D eigenvalue weighted by Crippen LogP contribution is -2.47. The molecule has 1 spiro atoms. The first-order valence-corrected chi connectivity index (χ1v) is 8.67. The molecule has 4 nitrogen and oxygen atoms in total. The van der Waals surface area contributed by atoms with Crippen molar-refractivity contribution in [2.75, 3.05) is 40.6 Å². The van der Waals surface area contributed by atoms with E-state index in [1.807, 2.05) is 0 Å². The number of hydrogen-bond donors (Lipinski definition) is 1. The first kappa shape index (κ1) is 17.2. The second kappa shape index (κ2) is 9.09. The molecule has 21 heavy (non-hydrogen) atoms. The average Bonchev–Trinajstić information content (AvgIpc) is 2.52. The van der Waals surface area contributed by atoms with E-state index >= 15 is 0 Å². The molecular weight excluding hydrogens is 266 g/mol. The van der Waals surface area contributed by atoms with Crippen LogP contribution in [0, 0.1) is 5.92 Å². The first-order valence-electron chi connectivity index (χ1n) is 8.67. The van der Waals surface area contributed by atoms with Crippen molar-refractivity contribution in [2.24, 2.45) is 5.92 Å². The molecule has 0 bridgehead atoms. The van der Waals surface area contributed by atoms with E-state index in [2.05, 4.69) is 12.4 Å². The molecule has 0 aromatic carbocycles. The van der Waals surface area contributed by atoms with E-state index < -0.39 is 0 Å². The SMILES string of the molecule is CNC(CCOCCOC)C1CCOC2(CCCCC2)C1. The van der Waals surface area contributed by atoms with Gasteiger partial charge in [-0.05, 0) is 45.1 Å². The zero-order chi connectivity index (χ0) is 15.0. The largest absolute Gasteiger partial charge is 0.382 e. The molecule has 0 aromatic heterocycles. The van der Waals surface area contributed by atoms with Crippen LogP contribution in [0.4, 0.5) is 0 Å². The fourth-order valence-corrected chi connectivity index (χ4v) is 4.02. The van der Waals surface area contributed by atoms with Gasteiger partial charge in [-0.3, -0.25) is 0 Å². The minimum atomic E-state index is 0.202. The topological polar surface area (TPSA) is 39.7 Å². The summed E-state index contributed by atoms with van der Waals surface area (Å²) >= 11 is 0. The molecule has 1 aliphatic heterocycles. The number of ether oxygens (including phenoxy) is 3. The van der Waals surface area contributed by atoms with Crippen LogP contribution in [0.2, 0.25) is 0 Å². The zero-order valence-corrected chi connectivity index (χ0v) is 13.9. The van der Waals surface area contributed by atoms with Crippen molar-refractivity contribution < 1.29 is 14.2 Å². The molecular formula is C17H33NO3. The molecule has 0 aromatic rings. The van der Waals surface area contributed by atoms with Gasteiger partial charge in [0.25, 0.3) is 0 Å². The van der Waals surface area contributed by atoms with Gasteiger partial charge in [0.05, 0.1) is 18.8 Å². The third-order valence-corrected chi connectivity index (χ3v) is 5.24. The van der Waals surface area contributed by atoms with Gasteiger partial charge in [-0.2, -0.15) is 0 Å². The van der Waals surface area contributed by atoms with E-state index in [4.69, 9.17) is 14.2 Å². The van der Waals surface area contributed by atoms with Crippen molar-refractivity contribution in [3.63, 3.8) is 0 Å². The van der Waals surface area contributed by atoms with Crippen LogP contribution < -0.4 is 5.32 Å². The summed E-state index contributed by atoms with van der Waals surface area (Å²) < 4.78 is 16.9. The summed E-state index contributed by atoms with van der Waals surface area (Å²) in [4.78, 5) is 0. The van der Waals surface area contributed by atoms with E-state index in [9.17, 15) is 0 Å². The first-order chi connectivity index (χ1) is 10.3. The minimum Gasteiger partial charge on any atom is -0.382 e. The van der Waals surface area contributed by atoms with Gasteiger partial charge in [0, 0.05) is 26.4 Å². The predicted molar refractivity (Wildman–Crippen MR) is 84.7 cm³/mol. The second-order valence-corrected chi connectivity index (χ2v) is 6.63. The van der Waals surface area contributed by atoms with Gasteiger partial charge in [-0.1, -0.05) is 19.3 Å². The summed E-state index contributed by atoms with van der Waals surface area (Å²) in [6, 6.07) is 0.551. The third-order valence-electron chi connectivity index (χ3n) is 5.24. The van der Waals surface area contributed by atoms with Crippen molar-refractivity contribution in [3.05, 3.63) is 0 Å². The summed E-state index contributed by atoms with van der Waals surface area (Å²) in [5.41, 5.74) is 0.202. The van der Waals surface area contributed by atoms with E-state index in [-0.39, 0.29) is 5.60 Å². The summed E-state index contributed by atoms with van der Waals surface area (Å²) in [6.07, 6.45) is 10.1. The number of methoxy groups -OCH3 is 1. The van der Waals surface area contributed by atoms with Crippen LogP contribution in [0.25, 0.3) is 0 Å². The summed E-state index contributed by atoms with van der Waals surface area (Å²) in [5.74, 6) is 0.730. The van der Waals surface area contributed by atoms with Gasteiger partial charge in [-0.15, -0.1) is 0 Å². The summed E-state index contributed by atoms with van der Waals surface area (Å²) in [7, 11) is 3.80. The fraction of sp³-hybridized carbons (Fsp3) is 1.00. The third kappa shape index (κ3) is 5.20. The molecule has 1 saturated carbocycles. The van der Waals surface area contributed by atoms with Crippen LogP contribution in [-0.4, -0.2) is 52.2 Å². The van der Waals surface area contributed by atoms with Crippen molar-refractivity contribution in [2.45, 2.75) is 63.0 Å². The van der Waals surface area contributed by atoms with E-state index in [0.717, 1.165) is 25.6 Å². The normalized spacial score (nSPS) is 26.9. The van der Waals surface area contributed by atoms with E-state index in [1.54, 1.807) is 7.11 Å². The Morgan fingerprint density at radius 2 is 2.00 bits per heavy atom. The van der Waals surface area contributed by atoms with Gasteiger partial charge >= 0.3 is 0 Å². The second-order valence-electron chi connectivity index (χ2n) is 6.63. The van der Waals surface area contributed by atoms with Crippen molar-refractivity contribution in [1.82, 2.24) is 5.32 Å². The average molecular weight is 299 g/mol. The number of hydrogen-bond acceptors (Lipinski definition) is 4. The number of rotatable bonds is 8. The molecule has 4 heteroatoms. The Hall–Kier alpha value is -0.160. The maximum absolute atomic E-state index is 6.21. The lowest BCUT2D eigenvalue weighted by Gasteiger charge is -2.45. The Kier molecular flexibility index (Phi) is 7.44. The predicted octanol–water partition coefficient (Wildman–Crippen LogP) is 2.76. The maximum atomic E-state index is 6.21. The Labute approximate surface area is 129 Å². The summed E-state index contributed by atoms with van der Waals surface area (Å²) in [5, 5.41) is 3.52. The minimum absolute atomic E-state index is 0.202. The van der Waals surface area contributed by atoms with Crippen LogP contribution in [0.1, 0.15) is 51.4 Å². The Morgan fingerprint density at radius 1 is 1.19 bits per heavy atom.